The second kappa shape index (κ2) is 15.5. The lowest BCUT2D eigenvalue weighted by Gasteiger charge is -2.19. The van der Waals surface area contributed by atoms with Crippen molar-refractivity contribution in [1.82, 2.24) is 4.98 Å². The summed E-state index contributed by atoms with van der Waals surface area (Å²) in [5.74, 6) is -1.000. The Kier molecular flexibility index (Phi) is 11.1. The summed E-state index contributed by atoms with van der Waals surface area (Å²) in [7, 11) is 0. The van der Waals surface area contributed by atoms with Crippen LogP contribution in [0.5, 0.6) is 5.75 Å². The van der Waals surface area contributed by atoms with E-state index in [1.165, 1.54) is 89.9 Å². The number of nitrogens with zero attached hydrogens (tertiary/aromatic N) is 5. The molecule has 232 valence electrons. The number of thiazole rings is 1. The van der Waals surface area contributed by atoms with Gasteiger partial charge in [-0.05, 0) is 79.4 Å². The van der Waals surface area contributed by atoms with E-state index in [0.29, 0.717) is 22.2 Å². The van der Waals surface area contributed by atoms with Crippen molar-refractivity contribution < 1.29 is 19.1 Å². The number of carbonyl (C=O) groups is 2. The first kappa shape index (κ1) is 32.0. The summed E-state index contributed by atoms with van der Waals surface area (Å²) in [5.41, 5.74) is 3.63. The predicted molar refractivity (Wildman–Crippen MR) is 179 cm³/mol. The van der Waals surface area contributed by atoms with Gasteiger partial charge in [0.15, 0.2) is 0 Å². The monoisotopic (exact) mass is 641 g/mol. The minimum atomic E-state index is -0.788. The van der Waals surface area contributed by atoms with Gasteiger partial charge in [-0.2, -0.15) is 5.26 Å². The van der Waals surface area contributed by atoms with Gasteiger partial charge < -0.3 is 14.4 Å². The number of ether oxygens (including phenoxy) is 2. The fraction of sp³-hybridized carbons (Fsp3) is 0.353. The van der Waals surface area contributed by atoms with Crippen molar-refractivity contribution >= 4 is 66.7 Å². The molecule has 2 aromatic heterocycles. The van der Waals surface area contributed by atoms with Crippen molar-refractivity contribution in [1.29, 1.82) is 5.26 Å². The second-order valence-corrected chi connectivity index (χ2v) is 12.8. The molecular weight excluding hydrogens is 607 g/mol. The standard InChI is InChI=1S/C34H35N5O4S2/c1-3-5-7-8-16-39-17-15-24-19-26(11-14-29(24)39)37-38-34-36-31-30(45-34)21-28(44-31)20-25(22-35)33(41)43-27-12-9-23(10-13-27)32(40)42-18-6-4-2/h9-14,19-21H,3-8,15-18H2,1-2H3/b25-20+,38-37?. The third-order valence-corrected chi connectivity index (χ3v) is 9.33. The van der Waals surface area contributed by atoms with Crippen LogP contribution in [0.4, 0.5) is 16.5 Å². The molecule has 0 amide bonds. The molecule has 0 radical (unpaired) electrons. The molecule has 0 aliphatic carbocycles. The van der Waals surface area contributed by atoms with E-state index in [9.17, 15) is 14.9 Å². The molecule has 1 aliphatic heterocycles. The Labute approximate surface area is 270 Å². The van der Waals surface area contributed by atoms with E-state index in [1.54, 1.807) is 0 Å². The van der Waals surface area contributed by atoms with Gasteiger partial charge >= 0.3 is 11.9 Å². The van der Waals surface area contributed by atoms with Gasteiger partial charge in [0.25, 0.3) is 0 Å². The van der Waals surface area contributed by atoms with Crippen molar-refractivity contribution in [3.63, 3.8) is 0 Å². The minimum Gasteiger partial charge on any atom is -0.462 e. The summed E-state index contributed by atoms with van der Waals surface area (Å²) >= 11 is 2.75. The summed E-state index contributed by atoms with van der Waals surface area (Å²) in [6, 6.07) is 16.1. The van der Waals surface area contributed by atoms with Crippen molar-refractivity contribution in [3.05, 3.63) is 70.1 Å². The number of hydrogen-bond acceptors (Lipinski definition) is 11. The van der Waals surface area contributed by atoms with E-state index >= 15 is 0 Å². The first-order valence-corrected chi connectivity index (χ1v) is 16.9. The van der Waals surface area contributed by atoms with Crippen molar-refractivity contribution in [2.24, 2.45) is 10.2 Å². The molecule has 0 saturated carbocycles. The third kappa shape index (κ3) is 8.41. The number of esters is 2. The number of fused-ring (bicyclic) bond motifs is 2. The number of benzene rings is 2. The lowest BCUT2D eigenvalue weighted by atomic mass is 10.1. The van der Waals surface area contributed by atoms with E-state index in [1.807, 2.05) is 25.1 Å². The molecule has 9 nitrogen and oxygen atoms in total. The maximum Gasteiger partial charge on any atom is 0.354 e. The van der Waals surface area contributed by atoms with E-state index in [0.717, 1.165) is 47.6 Å². The van der Waals surface area contributed by atoms with Crippen LogP contribution in [0.15, 0.2) is 64.3 Å². The molecule has 11 heteroatoms. The highest BCUT2D eigenvalue weighted by molar-refractivity contribution is 7.29. The van der Waals surface area contributed by atoms with E-state index in [2.05, 4.69) is 39.2 Å². The van der Waals surface area contributed by atoms with E-state index in [4.69, 9.17) is 9.47 Å². The zero-order chi connectivity index (χ0) is 31.6. The molecule has 0 spiro atoms. The lowest BCUT2D eigenvalue weighted by molar-refractivity contribution is -0.129. The summed E-state index contributed by atoms with van der Waals surface area (Å²) in [6.07, 6.45) is 9.28. The molecule has 0 N–H and O–H groups in total. The molecule has 1 aliphatic rings. The van der Waals surface area contributed by atoms with Crippen LogP contribution in [0.2, 0.25) is 0 Å². The molecular formula is C34H35N5O4S2. The summed E-state index contributed by atoms with van der Waals surface area (Å²) in [4.78, 5) is 33.3. The third-order valence-electron chi connectivity index (χ3n) is 7.34. The average molecular weight is 642 g/mol. The van der Waals surface area contributed by atoms with Crippen molar-refractivity contribution in [2.45, 2.75) is 58.8 Å². The normalized spacial score (nSPS) is 12.9. The molecule has 0 atom stereocenters. The highest BCUT2D eigenvalue weighted by Gasteiger charge is 2.19. The Morgan fingerprint density at radius 3 is 2.60 bits per heavy atom. The number of rotatable bonds is 14. The Bertz CT molecular complexity index is 1720. The lowest BCUT2D eigenvalue weighted by Crippen LogP contribution is -2.21. The summed E-state index contributed by atoms with van der Waals surface area (Å²) in [6.45, 7) is 6.76. The van der Waals surface area contributed by atoms with Gasteiger partial charge in [0.1, 0.15) is 22.2 Å². The number of unbranched alkanes of at least 4 members (excludes halogenated alkanes) is 4. The molecule has 45 heavy (non-hydrogen) atoms. The first-order chi connectivity index (χ1) is 22.0. The van der Waals surface area contributed by atoms with Crippen LogP contribution in [-0.2, 0) is 16.0 Å². The Morgan fingerprint density at radius 1 is 1.02 bits per heavy atom. The number of aromatic nitrogens is 1. The topological polar surface area (TPSA) is 117 Å². The summed E-state index contributed by atoms with van der Waals surface area (Å²) < 4.78 is 11.4. The number of hydrogen-bond donors (Lipinski definition) is 0. The molecule has 0 bridgehead atoms. The molecule has 0 unspecified atom stereocenters. The van der Waals surface area contributed by atoms with Gasteiger partial charge in [-0.1, -0.05) is 50.9 Å². The number of nitriles is 1. The van der Waals surface area contributed by atoms with Crippen LogP contribution in [-0.4, -0.2) is 36.6 Å². The van der Waals surface area contributed by atoms with Crippen molar-refractivity contribution in [3.8, 4) is 11.8 Å². The Balaban J connectivity index is 1.18. The molecule has 5 rings (SSSR count). The molecule has 4 aromatic rings. The number of carbonyl (C=O) groups excluding carboxylic acids is 2. The van der Waals surface area contributed by atoms with Crippen molar-refractivity contribution in [2.75, 3.05) is 24.6 Å². The fourth-order valence-corrected chi connectivity index (χ4v) is 6.91. The van der Waals surface area contributed by atoms with Gasteiger partial charge in [-0.25, -0.2) is 14.6 Å². The Morgan fingerprint density at radius 2 is 1.84 bits per heavy atom. The van der Waals surface area contributed by atoms with Gasteiger partial charge in [-0.15, -0.1) is 21.6 Å². The number of thiophene rings is 1. The quantitative estimate of drug-likeness (QED) is 0.0336. The predicted octanol–water partition coefficient (Wildman–Crippen LogP) is 9.19. The van der Waals surface area contributed by atoms with Gasteiger partial charge in [0.2, 0.25) is 5.13 Å². The minimum absolute atomic E-state index is 0.150. The molecule has 0 saturated heterocycles. The highest BCUT2D eigenvalue weighted by atomic mass is 32.1. The average Bonchev–Trinajstić information content (AvgIpc) is 3.74. The molecule has 2 aromatic carbocycles. The van der Waals surface area contributed by atoms with Crippen LogP contribution < -0.4 is 9.64 Å². The number of azo groups is 1. The van der Waals surface area contributed by atoms with Crippen LogP contribution in [0, 0.1) is 11.3 Å². The molecule has 3 heterocycles. The first-order valence-electron chi connectivity index (χ1n) is 15.3. The Hall–Kier alpha value is -4.40. The maximum atomic E-state index is 12.7. The molecule has 0 fully saturated rings. The van der Waals surface area contributed by atoms with Gasteiger partial charge in [-0.3, -0.25) is 0 Å². The number of anilines is 1. The van der Waals surface area contributed by atoms with Crippen LogP contribution in [0.25, 0.3) is 15.6 Å². The summed E-state index contributed by atoms with van der Waals surface area (Å²) in [5, 5.41) is 19.0. The maximum absolute atomic E-state index is 12.7. The highest BCUT2D eigenvalue weighted by Crippen LogP contribution is 2.37. The van der Waals surface area contributed by atoms with E-state index < -0.39 is 11.9 Å². The largest absolute Gasteiger partial charge is 0.462 e. The zero-order valence-electron chi connectivity index (χ0n) is 25.5. The van der Waals surface area contributed by atoms with Gasteiger partial charge in [0.05, 0.1) is 22.6 Å². The fourth-order valence-electron chi connectivity index (χ4n) is 4.93. The van der Waals surface area contributed by atoms with E-state index in [-0.39, 0.29) is 11.3 Å². The van der Waals surface area contributed by atoms with Gasteiger partial charge in [0, 0.05) is 23.7 Å². The van der Waals surface area contributed by atoms with Crippen LogP contribution >= 0.6 is 22.7 Å². The zero-order valence-corrected chi connectivity index (χ0v) is 27.1. The smallest absolute Gasteiger partial charge is 0.354 e. The second-order valence-electron chi connectivity index (χ2n) is 10.7. The van der Waals surface area contributed by atoms with Crippen LogP contribution in [0.3, 0.4) is 0 Å². The van der Waals surface area contributed by atoms with Crippen LogP contribution in [0.1, 0.15) is 73.2 Å². The SMILES string of the molecule is CCCCCCN1CCc2cc(N=Nc3nc4sc(/C=C(\C#N)C(=O)Oc5ccc(C(=O)OCCCC)cc5)cc4s3)ccc21.